The second-order valence-electron chi connectivity index (χ2n) is 13.5. The van der Waals surface area contributed by atoms with Gasteiger partial charge in [0.15, 0.2) is 34.9 Å². The second kappa shape index (κ2) is 13.2. The molecule has 0 N–H and O–H groups in total. The third-order valence-corrected chi connectivity index (χ3v) is 11.2. The van der Waals surface area contributed by atoms with Gasteiger partial charge in [-0.3, -0.25) is 0 Å². The Morgan fingerprint density at radius 2 is 0.821 bits per heavy atom. The van der Waals surface area contributed by atoms with Gasteiger partial charge in [-0.25, -0.2) is 29.9 Å². The van der Waals surface area contributed by atoms with Crippen molar-refractivity contribution in [3.8, 4) is 68.3 Å². The third-order valence-electron chi connectivity index (χ3n) is 10.0. The number of fused-ring (bicyclic) bond motifs is 6. The minimum atomic E-state index is 0.571. The first-order valence-electron chi connectivity index (χ1n) is 18.3. The van der Waals surface area contributed by atoms with E-state index < -0.39 is 0 Å². The lowest BCUT2D eigenvalue weighted by atomic mass is 10.0. The highest BCUT2D eigenvalue weighted by Gasteiger charge is 2.21. The Hall–Kier alpha value is -7.42. The maximum absolute atomic E-state index is 6.26. The number of hydrogen-bond donors (Lipinski definition) is 0. The largest absolute Gasteiger partial charge is 0.456 e. The van der Waals surface area contributed by atoms with Crippen molar-refractivity contribution in [1.82, 2.24) is 29.9 Å². The predicted molar refractivity (Wildman–Crippen MR) is 226 cm³/mol. The van der Waals surface area contributed by atoms with Crippen LogP contribution >= 0.6 is 11.3 Å². The fraction of sp³-hybridized carbons (Fsp3) is 0. The number of benzene rings is 7. The van der Waals surface area contributed by atoms with Gasteiger partial charge in [0, 0.05) is 64.3 Å². The van der Waals surface area contributed by atoms with Gasteiger partial charge >= 0.3 is 0 Å². The fourth-order valence-corrected chi connectivity index (χ4v) is 8.58. The molecule has 7 nitrogen and oxygen atoms in total. The van der Waals surface area contributed by atoms with Crippen LogP contribution in [0.2, 0.25) is 0 Å². The van der Waals surface area contributed by atoms with Gasteiger partial charge < -0.3 is 4.42 Å². The first kappa shape index (κ1) is 32.0. The van der Waals surface area contributed by atoms with Crippen molar-refractivity contribution in [3.05, 3.63) is 170 Å². The second-order valence-corrected chi connectivity index (χ2v) is 14.5. The van der Waals surface area contributed by atoms with Crippen LogP contribution in [0, 0.1) is 0 Å². The SMILES string of the molecule is c1ccc(-c2nc(-c3ccc4c(c3)oc3ccccc34)nc(-c3cccc4c3sc3cccc(-c5nc(-c6ccccc6)nc(-c6ccccc6)n5)c34)n2)cc1. The molecule has 0 amide bonds. The van der Waals surface area contributed by atoms with E-state index in [-0.39, 0.29) is 0 Å². The van der Waals surface area contributed by atoms with E-state index in [0.29, 0.717) is 34.9 Å². The summed E-state index contributed by atoms with van der Waals surface area (Å²) in [5, 5.41) is 4.29. The van der Waals surface area contributed by atoms with Gasteiger partial charge in [0.05, 0.1) is 0 Å². The molecule has 0 spiro atoms. The van der Waals surface area contributed by atoms with Crippen LogP contribution in [0.3, 0.4) is 0 Å². The van der Waals surface area contributed by atoms with Crippen LogP contribution in [-0.4, -0.2) is 29.9 Å². The normalized spacial score (nSPS) is 11.6. The van der Waals surface area contributed by atoms with Gasteiger partial charge in [0.25, 0.3) is 0 Å². The van der Waals surface area contributed by atoms with Crippen LogP contribution in [0.15, 0.2) is 174 Å². The summed E-state index contributed by atoms with van der Waals surface area (Å²) in [6, 6.07) is 57.1. The standard InChI is InChI=1S/C48H28N6OS/c1-4-14-29(15-5-1)43-49-44(30-16-6-2-7-17-30)52-47(51-43)36-22-13-25-40-41(36)35-21-12-23-37(42(35)56-40)48-53-45(31-18-8-3-9-19-31)50-46(54-48)32-26-27-34-33-20-10-11-24-38(33)55-39(34)28-32/h1-28H. The number of aromatic nitrogens is 6. The lowest BCUT2D eigenvalue weighted by molar-refractivity contribution is 0.669. The van der Waals surface area contributed by atoms with E-state index in [2.05, 4.69) is 54.6 Å². The monoisotopic (exact) mass is 736 g/mol. The van der Waals surface area contributed by atoms with Crippen LogP contribution in [0.5, 0.6) is 0 Å². The molecule has 0 saturated carbocycles. The molecule has 0 aliphatic rings. The van der Waals surface area contributed by atoms with Gasteiger partial charge in [-0.2, -0.15) is 0 Å². The van der Waals surface area contributed by atoms with Crippen LogP contribution in [0.25, 0.3) is 110 Å². The molecule has 0 bridgehead atoms. The number of thiophene rings is 1. The van der Waals surface area contributed by atoms with E-state index in [0.717, 1.165) is 75.5 Å². The Morgan fingerprint density at radius 1 is 0.339 bits per heavy atom. The Balaban J connectivity index is 1.11. The summed E-state index contributed by atoms with van der Waals surface area (Å²) in [6.45, 7) is 0. The van der Waals surface area contributed by atoms with Gasteiger partial charge in [0.2, 0.25) is 0 Å². The summed E-state index contributed by atoms with van der Waals surface area (Å²) in [5.41, 5.74) is 7.10. The molecule has 11 rings (SSSR count). The van der Waals surface area contributed by atoms with Gasteiger partial charge in [-0.15, -0.1) is 11.3 Å². The first-order chi connectivity index (χ1) is 27.7. The van der Waals surface area contributed by atoms with E-state index in [1.807, 2.05) is 115 Å². The van der Waals surface area contributed by atoms with E-state index in [1.165, 1.54) is 0 Å². The number of hydrogen-bond acceptors (Lipinski definition) is 8. The Kier molecular flexibility index (Phi) is 7.53. The number of furan rings is 1. The van der Waals surface area contributed by atoms with Crippen molar-refractivity contribution < 1.29 is 4.42 Å². The minimum Gasteiger partial charge on any atom is -0.456 e. The third kappa shape index (κ3) is 5.51. The molecule has 0 aliphatic carbocycles. The maximum atomic E-state index is 6.26. The maximum Gasteiger partial charge on any atom is 0.165 e. The first-order valence-corrected chi connectivity index (χ1v) is 19.1. The van der Waals surface area contributed by atoms with E-state index in [9.17, 15) is 0 Å². The molecule has 4 aromatic heterocycles. The molecule has 8 heteroatoms. The Labute approximate surface area is 324 Å². The molecule has 11 aromatic rings. The fourth-order valence-electron chi connectivity index (χ4n) is 7.35. The van der Waals surface area contributed by atoms with Crippen LogP contribution in [0.1, 0.15) is 0 Å². The highest BCUT2D eigenvalue weighted by Crippen LogP contribution is 2.43. The lowest BCUT2D eigenvalue weighted by Gasteiger charge is -2.10. The van der Waals surface area contributed by atoms with Gasteiger partial charge in [0.1, 0.15) is 11.2 Å². The van der Waals surface area contributed by atoms with Crippen LogP contribution in [0.4, 0.5) is 0 Å². The zero-order valence-electron chi connectivity index (χ0n) is 29.7. The van der Waals surface area contributed by atoms with Gasteiger partial charge in [-0.05, 0) is 30.3 Å². The molecule has 0 atom stereocenters. The molecule has 262 valence electrons. The molecule has 0 aliphatic heterocycles. The molecular formula is C48H28N6OS. The Morgan fingerprint density at radius 3 is 1.46 bits per heavy atom. The summed E-state index contributed by atoms with van der Waals surface area (Å²) in [5.74, 6) is 3.62. The number of rotatable bonds is 6. The highest BCUT2D eigenvalue weighted by molar-refractivity contribution is 7.26. The van der Waals surface area contributed by atoms with Crippen molar-refractivity contribution in [2.75, 3.05) is 0 Å². The Bertz CT molecular complexity index is 3200. The average Bonchev–Trinajstić information content (AvgIpc) is 3.85. The molecular weight excluding hydrogens is 709 g/mol. The summed E-state index contributed by atoms with van der Waals surface area (Å²) in [6.07, 6.45) is 0. The molecule has 0 fully saturated rings. The summed E-state index contributed by atoms with van der Waals surface area (Å²) in [4.78, 5) is 30.4. The van der Waals surface area contributed by atoms with Crippen molar-refractivity contribution in [2.24, 2.45) is 0 Å². The molecule has 7 aromatic carbocycles. The smallest absolute Gasteiger partial charge is 0.165 e. The lowest BCUT2D eigenvalue weighted by Crippen LogP contribution is -2.00. The molecule has 56 heavy (non-hydrogen) atoms. The van der Waals surface area contributed by atoms with Crippen molar-refractivity contribution in [3.63, 3.8) is 0 Å². The zero-order chi connectivity index (χ0) is 37.0. The summed E-state index contributed by atoms with van der Waals surface area (Å²) < 4.78 is 8.45. The van der Waals surface area contributed by atoms with Crippen molar-refractivity contribution in [2.45, 2.75) is 0 Å². The average molecular weight is 737 g/mol. The van der Waals surface area contributed by atoms with E-state index in [1.54, 1.807) is 11.3 Å². The molecule has 0 saturated heterocycles. The van der Waals surface area contributed by atoms with E-state index in [4.69, 9.17) is 34.3 Å². The molecule has 4 heterocycles. The number of para-hydroxylation sites is 1. The van der Waals surface area contributed by atoms with Crippen molar-refractivity contribution >= 4 is 53.4 Å². The van der Waals surface area contributed by atoms with E-state index >= 15 is 0 Å². The minimum absolute atomic E-state index is 0.571. The highest BCUT2D eigenvalue weighted by atomic mass is 32.1. The zero-order valence-corrected chi connectivity index (χ0v) is 30.5. The predicted octanol–water partition coefficient (Wildman–Crippen LogP) is 12.3. The molecule has 0 unspecified atom stereocenters. The quantitative estimate of drug-likeness (QED) is 0.168. The van der Waals surface area contributed by atoms with Gasteiger partial charge in [-0.1, -0.05) is 140 Å². The van der Waals surface area contributed by atoms with Crippen LogP contribution < -0.4 is 0 Å². The summed E-state index contributed by atoms with van der Waals surface area (Å²) in [7, 11) is 0. The topological polar surface area (TPSA) is 90.5 Å². The van der Waals surface area contributed by atoms with Crippen LogP contribution in [-0.2, 0) is 0 Å². The summed E-state index contributed by atoms with van der Waals surface area (Å²) >= 11 is 1.71. The van der Waals surface area contributed by atoms with Crippen molar-refractivity contribution in [1.29, 1.82) is 0 Å². The molecule has 0 radical (unpaired) electrons. The number of nitrogens with zero attached hydrogens (tertiary/aromatic N) is 6.